The van der Waals surface area contributed by atoms with Crippen molar-refractivity contribution in [1.82, 2.24) is 15.2 Å². The Kier molecular flexibility index (Phi) is 4.99. The van der Waals surface area contributed by atoms with Gasteiger partial charge in [-0.3, -0.25) is 0 Å². The van der Waals surface area contributed by atoms with E-state index in [2.05, 4.69) is 68.6 Å². The first-order chi connectivity index (χ1) is 11.9. The highest BCUT2D eigenvalue weighted by molar-refractivity contribution is 9.10. The molecule has 0 aliphatic rings. The summed E-state index contributed by atoms with van der Waals surface area (Å²) >= 11 is 3.42. The molecule has 0 fully saturated rings. The van der Waals surface area contributed by atoms with Crippen LogP contribution in [0, 0.1) is 0 Å². The normalized spacial score (nSPS) is 11.2. The van der Waals surface area contributed by atoms with E-state index in [0.717, 1.165) is 15.8 Å². The molecule has 6 heteroatoms. The average Bonchev–Trinajstić information content (AvgIpc) is 2.57. The summed E-state index contributed by atoms with van der Waals surface area (Å²) < 4.78 is 1.02. The third-order valence-corrected chi connectivity index (χ3v) is 4.19. The molecule has 0 aliphatic heterocycles. The molecule has 0 radical (unpaired) electrons. The fourth-order valence-electron chi connectivity index (χ4n) is 2.46. The molecule has 0 atom stereocenters. The number of anilines is 4. The molecule has 0 saturated heterocycles. The first-order valence-electron chi connectivity index (χ1n) is 8.01. The second-order valence-electron chi connectivity index (χ2n) is 6.72. The lowest BCUT2D eigenvalue weighted by Gasteiger charge is -2.23. The Balaban J connectivity index is 1.82. The van der Waals surface area contributed by atoms with E-state index in [9.17, 15) is 0 Å². The molecule has 25 heavy (non-hydrogen) atoms. The van der Waals surface area contributed by atoms with Crippen LogP contribution >= 0.6 is 15.9 Å². The van der Waals surface area contributed by atoms with Crippen molar-refractivity contribution in [3.05, 3.63) is 64.8 Å². The lowest BCUT2D eigenvalue weighted by Crippen LogP contribution is -2.14. The predicted octanol–water partition coefficient (Wildman–Crippen LogP) is 5.42. The number of aromatic nitrogens is 3. The highest BCUT2D eigenvalue weighted by Crippen LogP contribution is 2.30. The number of nitrogens with zero attached hydrogens (tertiary/aromatic N) is 3. The molecule has 0 aliphatic carbocycles. The van der Waals surface area contributed by atoms with Crippen molar-refractivity contribution in [2.75, 3.05) is 10.6 Å². The fourth-order valence-corrected chi connectivity index (χ4v) is 2.73. The molecule has 0 spiro atoms. The third kappa shape index (κ3) is 4.54. The highest BCUT2D eigenvalue weighted by atomic mass is 79.9. The largest absolute Gasteiger partial charge is 0.339 e. The average molecular weight is 398 g/mol. The molecule has 2 aromatic carbocycles. The number of benzene rings is 2. The zero-order chi connectivity index (χ0) is 17.9. The second-order valence-corrected chi connectivity index (χ2v) is 7.63. The van der Waals surface area contributed by atoms with E-state index in [1.165, 1.54) is 5.56 Å². The predicted molar refractivity (Wildman–Crippen MR) is 106 cm³/mol. The molecule has 128 valence electrons. The minimum Gasteiger partial charge on any atom is -0.339 e. The van der Waals surface area contributed by atoms with E-state index in [4.69, 9.17) is 0 Å². The van der Waals surface area contributed by atoms with Crippen LogP contribution in [0.1, 0.15) is 26.3 Å². The van der Waals surface area contributed by atoms with Gasteiger partial charge in [0.1, 0.15) is 0 Å². The minimum atomic E-state index is 0.0303. The Morgan fingerprint density at radius 3 is 2.36 bits per heavy atom. The molecule has 1 aromatic heterocycles. The van der Waals surface area contributed by atoms with Gasteiger partial charge in [-0.25, -0.2) is 0 Å². The molecule has 0 bridgehead atoms. The number of hydrogen-bond acceptors (Lipinski definition) is 5. The summed E-state index contributed by atoms with van der Waals surface area (Å²) in [7, 11) is 0. The van der Waals surface area contributed by atoms with Crippen molar-refractivity contribution < 1.29 is 0 Å². The first kappa shape index (κ1) is 17.4. The second kappa shape index (κ2) is 7.19. The van der Waals surface area contributed by atoms with Crippen LogP contribution in [0.5, 0.6) is 0 Å². The molecule has 1 heterocycles. The van der Waals surface area contributed by atoms with E-state index >= 15 is 0 Å². The molecule has 0 unspecified atom stereocenters. The van der Waals surface area contributed by atoms with Crippen molar-refractivity contribution in [2.45, 2.75) is 26.2 Å². The SMILES string of the molecule is CC(C)(C)c1ccccc1Nc1cnnc(Nc2ccc(Br)cc2)n1. The first-order valence-corrected chi connectivity index (χ1v) is 8.80. The summed E-state index contributed by atoms with van der Waals surface area (Å²) in [4.78, 5) is 4.50. The standard InChI is InChI=1S/C19H20BrN5/c1-19(2,3)15-6-4-5-7-16(15)23-17-12-21-25-18(24-17)22-14-10-8-13(20)9-11-14/h4-12H,1-3H3,(H2,22,23,24,25). The Hall–Kier alpha value is -2.47. The fraction of sp³-hybridized carbons (Fsp3) is 0.211. The zero-order valence-corrected chi connectivity index (χ0v) is 16.0. The van der Waals surface area contributed by atoms with Crippen LogP contribution in [0.2, 0.25) is 0 Å². The number of para-hydroxylation sites is 1. The van der Waals surface area contributed by atoms with Crippen LogP contribution in [0.3, 0.4) is 0 Å². The smallest absolute Gasteiger partial charge is 0.249 e. The molecule has 5 nitrogen and oxygen atoms in total. The van der Waals surface area contributed by atoms with Gasteiger partial charge >= 0.3 is 0 Å². The summed E-state index contributed by atoms with van der Waals surface area (Å²) in [6, 6.07) is 16.0. The van der Waals surface area contributed by atoms with Crippen LogP contribution in [-0.4, -0.2) is 15.2 Å². The Morgan fingerprint density at radius 2 is 1.64 bits per heavy atom. The lowest BCUT2D eigenvalue weighted by molar-refractivity contribution is 0.592. The number of halogens is 1. The molecular formula is C19H20BrN5. The Labute approximate surface area is 156 Å². The Morgan fingerprint density at radius 1 is 0.920 bits per heavy atom. The van der Waals surface area contributed by atoms with E-state index in [-0.39, 0.29) is 5.41 Å². The topological polar surface area (TPSA) is 62.7 Å². The van der Waals surface area contributed by atoms with Gasteiger partial charge in [0.2, 0.25) is 5.95 Å². The zero-order valence-electron chi connectivity index (χ0n) is 14.4. The monoisotopic (exact) mass is 397 g/mol. The summed E-state index contributed by atoms with van der Waals surface area (Å²) in [5.41, 5.74) is 3.17. The van der Waals surface area contributed by atoms with Gasteiger partial charge in [0.25, 0.3) is 0 Å². The van der Waals surface area contributed by atoms with E-state index < -0.39 is 0 Å². The van der Waals surface area contributed by atoms with Gasteiger partial charge in [-0.05, 0) is 41.3 Å². The summed E-state index contributed by atoms with van der Waals surface area (Å²) in [5, 5.41) is 14.6. The van der Waals surface area contributed by atoms with Crippen molar-refractivity contribution in [3.63, 3.8) is 0 Å². The van der Waals surface area contributed by atoms with Gasteiger partial charge in [0.15, 0.2) is 5.82 Å². The van der Waals surface area contributed by atoms with Crippen LogP contribution in [0.25, 0.3) is 0 Å². The summed E-state index contributed by atoms with van der Waals surface area (Å²) in [6.07, 6.45) is 1.62. The van der Waals surface area contributed by atoms with Gasteiger partial charge in [0, 0.05) is 15.8 Å². The van der Waals surface area contributed by atoms with Crippen molar-refractivity contribution in [1.29, 1.82) is 0 Å². The van der Waals surface area contributed by atoms with E-state index in [1.54, 1.807) is 6.20 Å². The highest BCUT2D eigenvalue weighted by Gasteiger charge is 2.17. The summed E-state index contributed by atoms with van der Waals surface area (Å²) in [6.45, 7) is 6.56. The van der Waals surface area contributed by atoms with Crippen molar-refractivity contribution in [2.24, 2.45) is 0 Å². The van der Waals surface area contributed by atoms with Gasteiger partial charge < -0.3 is 10.6 Å². The van der Waals surface area contributed by atoms with E-state index in [1.807, 2.05) is 42.5 Å². The van der Waals surface area contributed by atoms with Crippen LogP contribution in [0.4, 0.5) is 23.1 Å². The van der Waals surface area contributed by atoms with Crippen molar-refractivity contribution in [3.8, 4) is 0 Å². The van der Waals surface area contributed by atoms with Crippen LogP contribution in [-0.2, 0) is 5.41 Å². The molecule has 2 N–H and O–H groups in total. The third-order valence-electron chi connectivity index (χ3n) is 3.66. The van der Waals surface area contributed by atoms with E-state index in [0.29, 0.717) is 11.8 Å². The number of rotatable bonds is 4. The van der Waals surface area contributed by atoms with Crippen LogP contribution < -0.4 is 10.6 Å². The van der Waals surface area contributed by atoms with Crippen LogP contribution in [0.15, 0.2) is 59.2 Å². The molecular weight excluding hydrogens is 378 g/mol. The summed E-state index contributed by atoms with van der Waals surface area (Å²) in [5.74, 6) is 1.09. The number of nitrogens with one attached hydrogen (secondary N) is 2. The minimum absolute atomic E-state index is 0.0303. The maximum atomic E-state index is 4.50. The van der Waals surface area contributed by atoms with Gasteiger partial charge in [0.05, 0.1) is 6.20 Å². The van der Waals surface area contributed by atoms with Gasteiger partial charge in [-0.15, -0.1) is 5.10 Å². The lowest BCUT2D eigenvalue weighted by atomic mass is 9.86. The molecule has 3 aromatic rings. The molecule has 0 saturated carbocycles. The Bertz CT molecular complexity index is 856. The quantitative estimate of drug-likeness (QED) is 0.615. The van der Waals surface area contributed by atoms with Gasteiger partial charge in [-0.2, -0.15) is 10.1 Å². The number of hydrogen-bond donors (Lipinski definition) is 2. The van der Waals surface area contributed by atoms with Crippen molar-refractivity contribution >= 4 is 39.1 Å². The molecule has 3 rings (SSSR count). The maximum Gasteiger partial charge on any atom is 0.249 e. The van der Waals surface area contributed by atoms with Gasteiger partial charge in [-0.1, -0.05) is 54.9 Å². The molecule has 0 amide bonds. The maximum absolute atomic E-state index is 4.50.